The van der Waals surface area contributed by atoms with Gasteiger partial charge in [-0.05, 0) is 19.4 Å². The van der Waals surface area contributed by atoms with Gasteiger partial charge in [-0.1, -0.05) is 36.4 Å². The van der Waals surface area contributed by atoms with E-state index in [4.69, 9.17) is 4.74 Å². The largest absolute Gasteiger partial charge is 0.449 e. The Balaban J connectivity index is 2.13. The fraction of sp³-hybridized carbons (Fsp3) is 0.353. The number of alkyl halides is 2. The molecule has 1 saturated heterocycles. The Morgan fingerprint density at radius 3 is 2.62 bits per heavy atom. The van der Waals surface area contributed by atoms with Crippen molar-refractivity contribution < 1.29 is 27.9 Å². The molecule has 0 radical (unpaired) electrons. The van der Waals surface area contributed by atoms with E-state index in [2.05, 4.69) is 0 Å². The Morgan fingerprint density at radius 1 is 1.33 bits per heavy atom. The summed E-state index contributed by atoms with van der Waals surface area (Å²) < 4.78 is 33.0. The molecule has 1 fully saturated rings. The van der Waals surface area contributed by atoms with Gasteiger partial charge in [0.2, 0.25) is 11.7 Å². The zero-order valence-corrected chi connectivity index (χ0v) is 13.1. The van der Waals surface area contributed by atoms with Gasteiger partial charge in [-0.3, -0.25) is 9.59 Å². The van der Waals surface area contributed by atoms with Gasteiger partial charge in [-0.25, -0.2) is 9.69 Å². The molecule has 1 aliphatic heterocycles. The van der Waals surface area contributed by atoms with Crippen LogP contribution in [0.25, 0.3) is 0 Å². The van der Waals surface area contributed by atoms with E-state index in [0.717, 1.165) is 29.2 Å². The van der Waals surface area contributed by atoms with Crippen LogP contribution in [-0.2, 0) is 20.2 Å². The van der Waals surface area contributed by atoms with E-state index in [1.807, 2.05) is 0 Å². The standard InChI is InChI=1S/C17H17F2NO4/c1-2-24-16(23)20-13(9-11-15(20)22)8-10-14(21)17(18,19)12-6-4-3-5-7-12/h3-8,10,13H,2,9,11H2,1H3/b10-8+/t13-/m0/s1. The first-order valence-electron chi connectivity index (χ1n) is 7.52. The summed E-state index contributed by atoms with van der Waals surface area (Å²) in [6.07, 6.45) is 1.40. The molecule has 0 aliphatic carbocycles. The highest BCUT2D eigenvalue weighted by Gasteiger charge is 2.40. The lowest BCUT2D eigenvalue weighted by molar-refractivity contribution is -0.139. The smallest absolute Gasteiger partial charge is 0.417 e. The molecule has 0 N–H and O–H groups in total. The van der Waals surface area contributed by atoms with Crippen LogP contribution in [0.4, 0.5) is 13.6 Å². The third-order valence-electron chi connectivity index (χ3n) is 3.63. The minimum atomic E-state index is -3.67. The topological polar surface area (TPSA) is 63.7 Å². The number of nitrogens with zero attached hydrogens (tertiary/aromatic N) is 1. The summed E-state index contributed by atoms with van der Waals surface area (Å²) in [6.45, 7) is 1.68. The van der Waals surface area contributed by atoms with Crippen LogP contribution in [0.5, 0.6) is 0 Å². The number of carbonyl (C=O) groups is 3. The van der Waals surface area contributed by atoms with Gasteiger partial charge in [0.05, 0.1) is 12.6 Å². The predicted molar refractivity (Wildman–Crippen MR) is 81.4 cm³/mol. The summed E-state index contributed by atoms with van der Waals surface area (Å²) in [4.78, 5) is 36.2. The average Bonchev–Trinajstić information content (AvgIpc) is 2.94. The van der Waals surface area contributed by atoms with Crippen molar-refractivity contribution in [2.45, 2.75) is 31.7 Å². The summed E-state index contributed by atoms with van der Waals surface area (Å²) >= 11 is 0. The van der Waals surface area contributed by atoms with Crippen LogP contribution in [0.3, 0.4) is 0 Å². The fourth-order valence-electron chi connectivity index (χ4n) is 2.41. The highest BCUT2D eigenvalue weighted by Crippen LogP contribution is 2.30. The maximum Gasteiger partial charge on any atom is 0.417 e. The molecule has 1 heterocycles. The number of hydrogen-bond acceptors (Lipinski definition) is 4. The van der Waals surface area contributed by atoms with E-state index < -0.39 is 35.3 Å². The third kappa shape index (κ3) is 3.67. The Kier molecular flexibility index (Phi) is 5.43. The number of benzene rings is 1. The normalized spacial score (nSPS) is 18.2. The number of allylic oxidation sites excluding steroid dienone is 1. The monoisotopic (exact) mass is 337 g/mol. The Hall–Kier alpha value is -2.57. The van der Waals surface area contributed by atoms with Gasteiger partial charge in [0, 0.05) is 12.0 Å². The van der Waals surface area contributed by atoms with Gasteiger partial charge < -0.3 is 4.74 Å². The summed E-state index contributed by atoms with van der Waals surface area (Å²) in [5.41, 5.74) is -0.413. The van der Waals surface area contributed by atoms with Crippen molar-refractivity contribution in [1.82, 2.24) is 4.90 Å². The van der Waals surface area contributed by atoms with E-state index >= 15 is 0 Å². The summed E-state index contributed by atoms with van der Waals surface area (Å²) in [7, 11) is 0. The lowest BCUT2D eigenvalue weighted by atomic mass is 10.0. The van der Waals surface area contributed by atoms with Gasteiger partial charge in [-0.2, -0.15) is 8.78 Å². The van der Waals surface area contributed by atoms with Crippen molar-refractivity contribution in [3.63, 3.8) is 0 Å². The van der Waals surface area contributed by atoms with Crippen LogP contribution in [-0.4, -0.2) is 35.3 Å². The predicted octanol–water partition coefficient (Wildman–Crippen LogP) is 3.05. The molecule has 1 aromatic carbocycles. The summed E-state index contributed by atoms with van der Waals surface area (Å²) in [5.74, 6) is -5.53. The first-order valence-corrected chi connectivity index (χ1v) is 7.52. The van der Waals surface area contributed by atoms with Gasteiger partial charge in [-0.15, -0.1) is 0 Å². The number of hydrogen-bond donors (Lipinski definition) is 0. The van der Waals surface area contributed by atoms with E-state index in [9.17, 15) is 23.2 Å². The highest BCUT2D eigenvalue weighted by molar-refractivity contribution is 5.97. The molecule has 24 heavy (non-hydrogen) atoms. The molecule has 0 aromatic heterocycles. The Labute approximate surface area is 137 Å². The number of rotatable bonds is 5. The number of ether oxygens (including phenoxy) is 1. The van der Waals surface area contributed by atoms with Crippen LogP contribution >= 0.6 is 0 Å². The van der Waals surface area contributed by atoms with E-state index in [1.165, 1.54) is 12.1 Å². The molecule has 0 bridgehead atoms. The second-order valence-electron chi connectivity index (χ2n) is 5.23. The van der Waals surface area contributed by atoms with Crippen LogP contribution in [0.2, 0.25) is 0 Å². The molecule has 1 aromatic rings. The zero-order valence-electron chi connectivity index (χ0n) is 13.1. The molecule has 1 atom stereocenters. The zero-order chi connectivity index (χ0) is 17.7. The Morgan fingerprint density at radius 2 is 2.00 bits per heavy atom. The molecule has 1 aliphatic rings. The SMILES string of the molecule is CCOC(=O)N1C(=O)CC[C@@H]1/C=C/C(=O)C(F)(F)c1ccccc1. The van der Waals surface area contributed by atoms with E-state index in [-0.39, 0.29) is 19.4 Å². The van der Waals surface area contributed by atoms with Gasteiger partial charge in [0.25, 0.3) is 0 Å². The van der Waals surface area contributed by atoms with Gasteiger partial charge in [0.1, 0.15) is 0 Å². The maximum atomic E-state index is 14.1. The van der Waals surface area contributed by atoms with Crippen LogP contribution in [0, 0.1) is 0 Å². The molecule has 0 saturated carbocycles. The van der Waals surface area contributed by atoms with Crippen molar-refractivity contribution >= 4 is 17.8 Å². The number of ketones is 1. The molecule has 128 valence electrons. The molecular weight excluding hydrogens is 320 g/mol. The Bertz CT molecular complexity index is 658. The molecular formula is C17H17F2NO4. The van der Waals surface area contributed by atoms with Crippen molar-refractivity contribution in [2.75, 3.05) is 6.61 Å². The maximum absolute atomic E-state index is 14.1. The number of imide groups is 1. The van der Waals surface area contributed by atoms with Crippen molar-refractivity contribution in [3.8, 4) is 0 Å². The highest BCUT2D eigenvalue weighted by atomic mass is 19.3. The van der Waals surface area contributed by atoms with Crippen molar-refractivity contribution in [3.05, 3.63) is 48.0 Å². The number of amides is 2. The molecule has 5 nitrogen and oxygen atoms in total. The first-order chi connectivity index (χ1) is 11.4. The van der Waals surface area contributed by atoms with Crippen molar-refractivity contribution in [1.29, 1.82) is 0 Å². The number of likely N-dealkylation sites (tertiary alicyclic amines) is 1. The summed E-state index contributed by atoms with van der Waals surface area (Å²) in [6, 6.07) is 5.97. The third-order valence-corrected chi connectivity index (χ3v) is 3.63. The number of carbonyl (C=O) groups excluding carboxylic acids is 3. The molecule has 0 spiro atoms. The average molecular weight is 337 g/mol. The van der Waals surface area contributed by atoms with Crippen molar-refractivity contribution in [2.24, 2.45) is 0 Å². The minimum Gasteiger partial charge on any atom is -0.449 e. The quantitative estimate of drug-likeness (QED) is 0.775. The minimum absolute atomic E-state index is 0.0874. The molecule has 2 amide bonds. The molecule has 7 heteroatoms. The van der Waals surface area contributed by atoms with Crippen LogP contribution in [0.1, 0.15) is 25.3 Å². The van der Waals surface area contributed by atoms with Gasteiger partial charge >= 0.3 is 12.0 Å². The first kappa shape index (κ1) is 17.8. The van der Waals surface area contributed by atoms with Gasteiger partial charge in [0.15, 0.2) is 0 Å². The summed E-state index contributed by atoms with van der Waals surface area (Å²) in [5, 5.41) is 0. The van der Waals surface area contributed by atoms with Crippen LogP contribution in [0.15, 0.2) is 42.5 Å². The van der Waals surface area contributed by atoms with Crippen LogP contribution < -0.4 is 0 Å². The second-order valence-corrected chi connectivity index (χ2v) is 5.23. The lowest BCUT2D eigenvalue weighted by Gasteiger charge is -2.19. The van der Waals surface area contributed by atoms with E-state index in [0.29, 0.717) is 0 Å². The fourth-order valence-corrected chi connectivity index (χ4v) is 2.41. The molecule has 2 rings (SSSR count). The number of halogens is 2. The van der Waals surface area contributed by atoms with E-state index in [1.54, 1.807) is 13.0 Å². The molecule has 0 unspecified atom stereocenters. The second kappa shape index (κ2) is 7.33. The lowest BCUT2D eigenvalue weighted by Crippen LogP contribution is -2.38.